The molecule has 0 bridgehead atoms. The van der Waals surface area contributed by atoms with Gasteiger partial charge in [-0.15, -0.1) is 0 Å². The molecule has 2 rings (SSSR count). The van der Waals surface area contributed by atoms with Crippen molar-refractivity contribution in [1.29, 1.82) is 0 Å². The first kappa shape index (κ1) is 15.4. The van der Waals surface area contributed by atoms with Gasteiger partial charge in [0.2, 0.25) is 0 Å². The van der Waals surface area contributed by atoms with Gasteiger partial charge >= 0.3 is 0 Å². The van der Waals surface area contributed by atoms with Crippen molar-refractivity contribution >= 4 is 0 Å². The van der Waals surface area contributed by atoms with Crippen molar-refractivity contribution in [1.82, 2.24) is 5.32 Å². The van der Waals surface area contributed by atoms with E-state index in [0.29, 0.717) is 10.8 Å². The van der Waals surface area contributed by atoms with E-state index < -0.39 is 0 Å². The van der Waals surface area contributed by atoms with Gasteiger partial charge in [0.05, 0.1) is 0 Å². The molecule has 0 spiro atoms. The van der Waals surface area contributed by atoms with E-state index in [2.05, 4.69) is 46.9 Å². The number of nitrogens with one attached hydrogen (secondary N) is 1. The van der Waals surface area contributed by atoms with Crippen LogP contribution in [0, 0.1) is 22.7 Å². The Bertz CT molecular complexity index is 275. The molecule has 0 aliphatic heterocycles. The maximum absolute atomic E-state index is 4.03. The molecule has 2 saturated carbocycles. The monoisotopic (exact) mass is 265 g/mol. The quantitative estimate of drug-likeness (QED) is 0.740. The summed E-state index contributed by atoms with van der Waals surface area (Å²) in [7, 11) is 0. The van der Waals surface area contributed by atoms with Crippen molar-refractivity contribution in [3.63, 3.8) is 0 Å². The van der Waals surface area contributed by atoms with E-state index in [-0.39, 0.29) is 0 Å². The molecule has 112 valence electrons. The van der Waals surface area contributed by atoms with Crippen LogP contribution in [0.2, 0.25) is 0 Å². The Morgan fingerprint density at radius 1 is 0.684 bits per heavy atom. The molecule has 1 N–H and O–H groups in total. The van der Waals surface area contributed by atoms with E-state index in [1.165, 1.54) is 38.5 Å². The lowest BCUT2D eigenvalue weighted by atomic mass is 9.68. The summed E-state index contributed by atoms with van der Waals surface area (Å²) < 4.78 is 0. The molecule has 1 nitrogen and oxygen atoms in total. The van der Waals surface area contributed by atoms with Crippen LogP contribution in [-0.2, 0) is 0 Å². The minimum atomic E-state index is 0.533. The number of hydrogen-bond acceptors (Lipinski definition) is 1. The summed E-state index contributed by atoms with van der Waals surface area (Å²) in [5.74, 6) is 1.77. The largest absolute Gasteiger partial charge is 0.311 e. The second kappa shape index (κ2) is 5.39. The molecule has 0 aromatic carbocycles. The van der Waals surface area contributed by atoms with Gasteiger partial charge in [0, 0.05) is 12.1 Å². The molecule has 0 amide bonds. The van der Waals surface area contributed by atoms with E-state index >= 15 is 0 Å². The van der Waals surface area contributed by atoms with Crippen molar-refractivity contribution in [2.24, 2.45) is 22.7 Å². The van der Waals surface area contributed by atoms with Gasteiger partial charge in [-0.25, -0.2) is 0 Å². The van der Waals surface area contributed by atoms with Gasteiger partial charge in [-0.1, -0.05) is 41.5 Å². The Morgan fingerprint density at radius 2 is 1.05 bits per heavy atom. The highest BCUT2D eigenvalue weighted by Gasteiger charge is 2.36. The maximum Gasteiger partial charge on any atom is 0.00772 e. The fourth-order valence-electron chi connectivity index (χ4n) is 5.28. The molecule has 2 aliphatic rings. The van der Waals surface area contributed by atoms with Crippen molar-refractivity contribution in [2.45, 2.75) is 92.2 Å². The molecule has 2 fully saturated rings. The normalized spacial score (nSPS) is 42.0. The van der Waals surface area contributed by atoms with Crippen LogP contribution in [0.3, 0.4) is 0 Å². The van der Waals surface area contributed by atoms with Crippen molar-refractivity contribution in [2.75, 3.05) is 0 Å². The van der Waals surface area contributed by atoms with E-state index in [1.54, 1.807) is 0 Å². The summed E-state index contributed by atoms with van der Waals surface area (Å²) >= 11 is 0. The molecule has 2 aliphatic carbocycles. The second-order valence-corrected chi connectivity index (χ2v) is 9.39. The Labute approximate surface area is 120 Å². The fourth-order valence-corrected chi connectivity index (χ4v) is 5.28. The molecule has 0 unspecified atom stereocenters. The van der Waals surface area contributed by atoms with Crippen LogP contribution in [0.25, 0.3) is 0 Å². The van der Waals surface area contributed by atoms with Gasteiger partial charge in [-0.2, -0.15) is 0 Å². The molecule has 1 heteroatoms. The van der Waals surface area contributed by atoms with Gasteiger partial charge in [0.1, 0.15) is 0 Å². The predicted molar refractivity (Wildman–Crippen MR) is 84.3 cm³/mol. The maximum atomic E-state index is 4.03. The van der Waals surface area contributed by atoms with Crippen LogP contribution < -0.4 is 5.32 Å². The third kappa shape index (κ3) is 4.48. The third-order valence-corrected chi connectivity index (χ3v) is 5.25. The van der Waals surface area contributed by atoms with Crippen LogP contribution >= 0.6 is 0 Å². The molecule has 0 aromatic rings. The minimum Gasteiger partial charge on any atom is -0.311 e. The first-order valence-corrected chi connectivity index (χ1v) is 8.41. The summed E-state index contributed by atoms with van der Waals surface area (Å²) in [5.41, 5.74) is 1.07. The van der Waals surface area contributed by atoms with E-state index in [1.807, 2.05) is 0 Å². The Kier molecular flexibility index (Phi) is 4.35. The topological polar surface area (TPSA) is 12.0 Å². The smallest absolute Gasteiger partial charge is 0.00772 e. The molecule has 4 atom stereocenters. The van der Waals surface area contributed by atoms with E-state index in [4.69, 9.17) is 0 Å². The molecule has 0 heterocycles. The molecule has 19 heavy (non-hydrogen) atoms. The summed E-state index contributed by atoms with van der Waals surface area (Å²) in [6.45, 7) is 14.7. The zero-order chi connectivity index (χ0) is 14.3. The molecular weight excluding hydrogens is 230 g/mol. The molecule has 0 radical (unpaired) electrons. The SMILES string of the molecule is C[C@H]1C[C@@H](N[C@@H]2C[C@H](C)CC(C)(C)C2)CC(C)(C)C1. The average Bonchev–Trinajstić information content (AvgIpc) is 2.08. The lowest BCUT2D eigenvalue weighted by Crippen LogP contribution is -2.48. The van der Waals surface area contributed by atoms with Gasteiger partial charge in [0.15, 0.2) is 0 Å². The van der Waals surface area contributed by atoms with Gasteiger partial charge in [0.25, 0.3) is 0 Å². The number of hydrogen-bond donors (Lipinski definition) is 1. The van der Waals surface area contributed by atoms with Crippen molar-refractivity contribution in [3.05, 3.63) is 0 Å². The van der Waals surface area contributed by atoms with Crippen LogP contribution in [0.5, 0.6) is 0 Å². The Balaban J connectivity index is 1.93. The zero-order valence-corrected chi connectivity index (χ0v) is 14.1. The van der Waals surface area contributed by atoms with Crippen molar-refractivity contribution in [3.8, 4) is 0 Å². The lowest BCUT2D eigenvalue weighted by molar-refractivity contribution is 0.106. The first-order valence-electron chi connectivity index (χ1n) is 8.41. The van der Waals surface area contributed by atoms with Crippen LogP contribution in [0.4, 0.5) is 0 Å². The molecular formula is C18H35N. The summed E-state index contributed by atoms with van der Waals surface area (Å²) in [6.07, 6.45) is 8.30. The van der Waals surface area contributed by atoms with Gasteiger partial charge in [-0.3, -0.25) is 0 Å². The highest BCUT2D eigenvalue weighted by Crippen LogP contribution is 2.41. The van der Waals surface area contributed by atoms with E-state index in [9.17, 15) is 0 Å². The summed E-state index contributed by atoms with van der Waals surface area (Å²) in [5, 5.41) is 4.03. The lowest BCUT2D eigenvalue weighted by Gasteiger charge is -2.44. The van der Waals surface area contributed by atoms with Crippen LogP contribution in [0.15, 0.2) is 0 Å². The van der Waals surface area contributed by atoms with Crippen molar-refractivity contribution < 1.29 is 0 Å². The summed E-state index contributed by atoms with van der Waals surface area (Å²) in [6, 6.07) is 1.51. The summed E-state index contributed by atoms with van der Waals surface area (Å²) in [4.78, 5) is 0. The fraction of sp³-hybridized carbons (Fsp3) is 1.00. The molecule has 0 aromatic heterocycles. The Morgan fingerprint density at radius 3 is 1.37 bits per heavy atom. The highest BCUT2D eigenvalue weighted by atomic mass is 15.0. The van der Waals surface area contributed by atoms with E-state index in [0.717, 1.165) is 23.9 Å². The van der Waals surface area contributed by atoms with Crippen LogP contribution in [-0.4, -0.2) is 12.1 Å². The standard InChI is InChI=1S/C18H35N/c1-13-7-15(11-17(3,4)9-13)19-16-8-14(2)10-18(5,6)12-16/h13-16,19H,7-12H2,1-6H3/t13-,14-,15+,16+/m0/s1. The second-order valence-electron chi connectivity index (χ2n) is 9.39. The van der Waals surface area contributed by atoms with Gasteiger partial charge < -0.3 is 5.32 Å². The van der Waals surface area contributed by atoms with Crippen LogP contribution in [0.1, 0.15) is 80.1 Å². The zero-order valence-electron chi connectivity index (χ0n) is 14.1. The molecule has 0 saturated heterocycles. The number of rotatable bonds is 2. The Hall–Kier alpha value is -0.0400. The third-order valence-electron chi connectivity index (χ3n) is 5.25. The highest BCUT2D eigenvalue weighted by molar-refractivity contribution is 4.92. The first-order chi connectivity index (χ1) is 8.65. The average molecular weight is 265 g/mol. The predicted octanol–water partition coefficient (Wildman–Crippen LogP) is 5.01. The van der Waals surface area contributed by atoms with Gasteiger partial charge in [-0.05, 0) is 61.2 Å². The minimum absolute atomic E-state index is 0.533.